The number of carbonyl (C=O) groups is 1. The van der Waals surface area contributed by atoms with E-state index in [0.29, 0.717) is 5.56 Å². The van der Waals surface area contributed by atoms with Crippen molar-refractivity contribution in [2.45, 2.75) is 26.3 Å². The first-order valence-corrected chi connectivity index (χ1v) is 6.05. The summed E-state index contributed by atoms with van der Waals surface area (Å²) in [4.78, 5) is 11.8. The quantitative estimate of drug-likeness (QED) is 0.892. The number of benzene rings is 1. The predicted molar refractivity (Wildman–Crippen MR) is 67.5 cm³/mol. The standard InChI is InChI=1S/C12H16BrNO2/c1-3-10(7-15)14-12(16)9-4-5-11(13)8(2)6-9/h4-6,10,15H,3,7H2,1-2H3,(H,14,16)/t10-/m1/s1. The van der Waals surface area contributed by atoms with Gasteiger partial charge in [-0.3, -0.25) is 4.79 Å². The number of rotatable bonds is 4. The number of aliphatic hydroxyl groups is 1. The minimum Gasteiger partial charge on any atom is -0.394 e. The molecule has 4 heteroatoms. The molecule has 0 saturated carbocycles. The fourth-order valence-corrected chi connectivity index (χ4v) is 1.58. The van der Waals surface area contributed by atoms with Crippen LogP contribution in [0.25, 0.3) is 0 Å². The van der Waals surface area contributed by atoms with Gasteiger partial charge in [0.25, 0.3) is 5.91 Å². The van der Waals surface area contributed by atoms with Gasteiger partial charge in [-0.15, -0.1) is 0 Å². The van der Waals surface area contributed by atoms with Gasteiger partial charge in [0.2, 0.25) is 0 Å². The maximum Gasteiger partial charge on any atom is 0.251 e. The van der Waals surface area contributed by atoms with Crippen LogP contribution in [0, 0.1) is 6.92 Å². The first kappa shape index (κ1) is 13.2. The molecule has 1 aromatic carbocycles. The highest BCUT2D eigenvalue weighted by Gasteiger charge is 2.11. The van der Waals surface area contributed by atoms with E-state index in [9.17, 15) is 4.79 Å². The van der Waals surface area contributed by atoms with E-state index in [1.165, 1.54) is 0 Å². The number of halogens is 1. The van der Waals surface area contributed by atoms with Gasteiger partial charge in [-0.25, -0.2) is 0 Å². The topological polar surface area (TPSA) is 49.3 Å². The lowest BCUT2D eigenvalue weighted by molar-refractivity contribution is 0.0915. The first-order chi connectivity index (χ1) is 7.58. The summed E-state index contributed by atoms with van der Waals surface area (Å²) < 4.78 is 0.984. The lowest BCUT2D eigenvalue weighted by Crippen LogP contribution is -2.36. The van der Waals surface area contributed by atoms with Crippen molar-refractivity contribution in [3.05, 3.63) is 33.8 Å². The molecule has 0 bridgehead atoms. The number of hydrogen-bond acceptors (Lipinski definition) is 2. The minimum absolute atomic E-state index is 0.0300. The molecule has 16 heavy (non-hydrogen) atoms. The molecular weight excluding hydrogens is 270 g/mol. The van der Waals surface area contributed by atoms with Gasteiger partial charge < -0.3 is 10.4 Å². The highest BCUT2D eigenvalue weighted by Crippen LogP contribution is 2.17. The molecule has 0 aromatic heterocycles. The number of aryl methyl sites for hydroxylation is 1. The van der Waals surface area contributed by atoms with E-state index in [1.807, 2.05) is 26.0 Å². The van der Waals surface area contributed by atoms with Crippen LogP contribution in [0.3, 0.4) is 0 Å². The van der Waals surface area contributed by atoms with Crippen LogP contribution in [0.4, 0.5) is 0 Å². The number of nitrogens with one attached hydrogen (secondary N) is 1. The molecule has 1 aromatic rings. The van der Waals surface area contributed by atoms with E-state index < -0.39 is 0 Å². The largest absolute Gasteiger partial charge is 0.394 e. The van der Waals surface area contributed by atoms with Crippen LogP contribution < -0.4 is 5.32 Å². The van der Waals surface area contributed by atoms with E-state index >= 15 is 0 Å². The van der Waals surface area contributed by atoms with Crippen LogP contribution in [0.1, 0.15) is 29.3 Å². The maximum absolute atomic E-state index is 11.8. The van der Waals surface area contributed by atoms with Crippen molar-refractivity contribution >= 4 is 21.8 Å². The van der Waals surface area contributed by atoms with Crippen LogP contribution in [-0.4, -0.2) is 23.7 Å². The third-order valence-corrected chi connectivity index (χ3v) is 3.36. The summed E-state index contributed by atoms with van der Waals surface area (Å²) in [5, 5.41) is 11.8. The Morgan fingerprint density at radius 3 is 2.75 bits per heavy atom. The van der Waals surface area contributed by atoms with Crippen molar-refractivity contribution < 1.29 is 9.90 Å². The van der Waals surface area contributed by atoms with E-state index in [2.05, 4.69) is 21.2 Å². The summed E-state index contributed by atoms with van der Waals surface area (Å²) in [7, 11) is 0. The normalized spacial score (nSPS) is 12.2. The van der Waals surface area contributed by atoms with Gasteiger partial charge in [-0.1, -0.05) is 22.9 Å². The second kappa shape index (κ2) is 6.01. The second-order valence-corrected chi connectivity index (χ2v) is 4.58. The van der Waals surface area contributed by atoms with Gasteiger partial charge in [-0.2, -0.15) is 0 Å². The molecule has 0 aliphatic rings. The Bertz CT molecular complexity index is 375. The highest BCUT2D eigenvalue weighted by atomic mass is 79.9. The average Bonchev–Trinajstić information content (AvgIpc) is 2.29. The minimum atomic E-state index is -0.170. The fraction of sp³-hybridized carbons (Fsp3) is 0.417. The number of aliphatic hydroxyl groups excluding tert-OH is 1. The van der Waals surface area contributed by atoms with E-state index in [1.54, 1.807) is 6.07 Å². The van der Waals surface area contributed by atoms with E-state index in [4.69, 9.17) is 5.11 Å². The Morgan fingerprint density at radius 2 is 2.25 bits per heavy atom. The van der Waals surface area contributed by atoms with Crippen molar-refractivity contribution in [1.29, 1.82) is 0 Å². The van der Waals surface area contributed by atoms with Crippen molar-refractivity contribution in [2.75, 3.05) is 6.61 Å². The van der Waals surface area contributed by atoms with E-state index in [0.717, 1.165) is 16.5 Å². The Labute approximate surface area is 104 Å². The zero-order valence-electron chi connectivity index (χ0n) is 9.46. The van der Waals surface area contributed by atoms with Gasteiger partial charge in [0, 0.05) is 10.0 Å². The molecule has 0 spiro atoms. The Morgan fingerprint density at radius 1 is 1.56 bits per heavy atom. The van der Waals surface area contributed by atoms with Gasteiger partial charge in [0.05, 0.1) is 12.6 Å². The van der Waals surface area contributed by atoms with Gasteiger partial charge in [0.15, 0.2) is 0 Å². The van der Waals surface area contributed by atoms with Crippen molar-refractivity contribution in [1.82, 2.24) is 5.32 Å². The Kier molecular flexibility index (Phi) is 4.96. The zero-order chi connectivity index (χ0) is 12.1. The smallest absolute Gasteiger partial charge is 0.251 e. The van der Waals surface area contributed by atoms with Gasteiger partial charge in [0.1, 0.15) is 0 Å². The summed E-state index contributed by atoms with van der Waals surface area (Å²) in [5.74, 6) is -0.142. The molecule has 0 saturated heterocycles. The molecular formula is C12H16BrNO2. The molecule has 1 amide bonds. The van der Waals surface area contributed by atoms with Crippen LogP contribution in [0.5, 0.6) is 0 Å². The summed E-state index contributed by atoms with van der Waals surface area (Å²) in [6, 6.07) is 5.26. The molecule has 0 unspecified atom stereocenters. The van der Waals surface area contributed by atoms with E-state index in [-0.39, 0.29) is 18.6 Å². The predicted octanol–water partition coefficient (Wildman–Crippen LogP) is 2.26. The lowest BCUT2D eigenvalue weighted by Gasteiger charge is -2.14. The molecule has 0 aliphatic carbocycles. The summed E-state index contributed by atoms with van der Waals surface area (Å²) in [6.07, 6.45) is 0.720. The number of amides is 1. The zero-order valence-corrected chi connectivity index (χ0v) is 11.0. The van der Waals surface area contributed by atoms with Crippen LogP contribution in [-0.2, 0) is 0 Å². The van der Waals surface area contributed by atoms with Crippen LogP contribution in [0.15, 0.2) is 22.7 Å². The van der Waals surface area contributed by atoms with Crippen molar-refractivity contribution in [2.24, 2.45) is 0 Å². The molecule has 2 N–H and O–H groups in total. The molecule has 1 rings (SSSR count). The number of hydrogen-bond donors (Lipinski definition) is 2. The third kappa shape index (κ3) is 3.32. The SMILES string of the molecule is CC[C@H](CO)NC(=O)c1ccc(Br)c(C)c1. The van der Waals surface area contributed by atoms with Crippen LogP contribution in [0.2, 0.25) is 0 Å². The lowest BCUT2D eigenvalue weighted by atomic mass is 10.1. The number of carbonyl (C=O) groups excluding carboxylic acids is 1. The van der Waals surface area contributed by atoms with Gasteiger partial charge in [-0.05, 0) is 37.1 Å². The first-order valence-electron chi connectivity index (χ1n) is 5.26. The molecule has 1 atom stereocenters. The molecule has 0 heterocycles. The fourth-order valence-electron chi connectivity index (χ4n) is 1.33. The average molecular weight is 286 g/mol. The Balaban J connectivity index is 2.76. The van der Waals surface area contributed by atoms with Crippen molar-refractivity contribution in [3.8, 4) is 0 Å². The summed E-state index contributed by atoms with van der Waals surface area (Å²) in [6.45, 7) is 3.83. The molecule has 0 aliphatic heterocycles. The van der Waals surface area contributed by atoms with Crippen molar-refractivity contribution in [3.63, 3.8) is 0 Å². The molecule has 0 fully saturated rings. The molecule has 0 radical (unpaired) electrons. The maximum atomic E-state index is 11.8. The van der Waals surface area contributed by atoms with Crippen LogP contribution >= 0.6 is 15.9 Å². The monoisotopic (exact) mass is 285 g/mol. The molecule has 3 nitrogen and oxygen atoms in total. The second-order valence-electron chi connectivity index (χ2n) is 3.73. The summed E-state index contributed by atoms with van der Waals surface area (Å²) in [5.41, 5.74) is 1.64. The summed E-state index contributed by atoms with van der Waals surface area (Å²) >= 11 is 3.38. The third-order valence-electron chi connectivity index (χ3n) is 2.47. The van der Waals surface area contributed by atoms with Gasteiger partial charge >= 0.3 is 0 Å². The highest BCUT2D eigenvalue weighted by molar-refractivity contribution is 9.10. The Hall–Kier alpha value is -0.870. The molecule has 88 valence electrons.